The summed E-state index contributed by atoms with van der Waals surface area (Å²) in [6.07, 6.45) is -1.61. The Morgan fingerprint density at radius 3 is 2.62 bits per heavy atom. The van der Waals surface area contributed by atoms with Crippen LogP contribution in [0.5, 0.6) is 5.75 Å². The average Bonchev–Trinajstić information content (AvgIpc) is 3.28. The fourth-order valence-electron chi connectivity index (χ4n) is 4.43. The van der Waals surface area contributed by atoms with E-state index in [-0.39, 0.29) is 17.6 Å². The van der Waals surface area contributed by atoms with Crippen LogP contribution < -0.4 is 10.1 Å². The predicted molar refractivity (Wildman–Crippen MR) is 123 cm³/mol. The molecule has 1 fully saturated rings. The highest BCUT2D eigenvalue weighted by atomic mass is 19.4. The highest BCUT2D eigenvalue weighted by molar-refractivity contribution is 5.93. The average molecular weight is 480 g/mol. The lowest BCUT2D eigenvalue weighted by atomic mass is 9.96. The Kier molecular flexibility index (Phi) is 8.54. The smallest absolute Gasteiger partial charge is 0.433 e. The molecule has 186 valence electrons. The summed E-state index contributed by atoms with van der Waals surface area (Å²) in [5, 5.41) is 2.87. The van der Waals surface area contributed by atoms with Crippen LogP contribution in [-0.2, 0) is 10.9 Å². The molecular weight excluding hydrogens is 447 g/mol. The number of carbonyl (C=O) groups is 1. The van der Waals surface area contributed by atoms with Gasteiger partial charge in [-0.2, -0.15) is 13.2 Å². The van der Waals surface area contributed by atoms with Gasteiger partial charge in [0.2, 0.25) is 0 Å². The number of alkyl halides is 3. The van der Waals surface area contributed by atoms with E-state index in [2.05, 4.69) is 35.1 Å². The van der Waals surface area contributed by atoms with Gasteiger partial charge < -0.3 is 14.8 Å². The molecule has 0 aliphatic carbocycles. The van der Waals surface area contributed by atoms with Gasteiger partial charge in [-0.25, -0.2) is 0 Å². The molecule has 2 atom stereocenters. The van der Waals surface area contributed by atoms with E-state index >= 15 is 0 Å². The van der Waals surface area contributed by atoms with E-state index in [1.54, 1.807) is 7.11 Å². The molecule has 1 aliphatic heterocycles. The number of methoxy groups -OCH3 is 1. The molecule has 1 aromatic carbocycles. The van der Waals surface area contributed by atoms with E-state index in [1.165, 1.54) is 11.1 Å². The summed E-state index contributed by atoms with van der Waals surface area (Å²) in [6, 6.07) is 6.35. The van der Waals surface area contributed by atoms with E-state index in [4.69, 9.17) is 9.47 Å². The van der Waals surface area contributed by atoms with Crippen LogP contribution in [0, 0.1) is 13.8 Å². The van der Waals surface area contributed by atoms with Gasteiger partial charge >= 0.3 is 6.18 Å². The third-order valence-electron chi connectivity index (χ3n) is 6.51. The van der Waals surface area contributed by atoms with E-state index in [0.717, 1.165) is 49.0 Å². The van der Waals surface area contributed by atoms with E-state index in [0.29, 0.717) is 19.8 Å². The quantitative estimate of drug-likeness (QED) is 0.529. The number of halogens is 3. The number of nitrogens with one attached hydrogen (secondary N) is 1. The van der Waals surface area contributed by atoms with Crippen molar-refractivity contribution in [3.63, 3.8) is 0 Å². The Hall–Kier alpha value is -2.65. The summed E-state index contributed by atoms with van der Waals surface area (Å²) in [6.45, 7) is 8.65. The Balaban J connectivity index is 1.63. The maximum absolute atomic E-state index is 12.7. The number of carbonyl (C=O) groups excluding carboxylic acids is 1. The van der Waals surface area contributed by atoms with Gasteiger partial charge in [-0.15, -0.1) is 0 Å². The monoisotopic (exact) mass is 479 g/mol. The van der Waals surface area contributed by atoms with Crippen molar-refractivity contribution in [2.45, 2.75) is 51.9 Å². The highest BCUT2D eigenvalue weighted by Gasteiger charge is 2.33. The van der Waals surface area contributed by atoms with Gasteiger partial charge in [-0.3, -0.25) is 14.7 Å². The van der Waals surface area contributed by atoms with Crippen LogP contribution in [0.25, 0.3) is 0 Å². The molecule has 0 radical (unpaired) electrons. The van der Waals surface area contributed by atoms with Crippen LogP contribution in [-0.4, -0.2) is 55.2 Å². The maximum atomic E-state index is 12.7. The molecule has 0 saturated carbocycles. The Morgan fingerprint density at radius 1 is 1.21 bits per heavy atom. The molecule has 1 aromatic heterocycles. The zero-order valence-corrected chi connectivity index (χ0v) is 20.0. The molecule has 6 nitrogen and oxygen atoms in total. The lowest BCUT2D eigenvalue weighted by Crippen LogP contribution is -2.41. The predicted octanol–water partition coefficient (Wildman–Crippen LogP) is 4.70. The van der Waals surface area contributed by atoms with Gasteiger partial charge in [0.15, 0.2) is 0 Å². The standard InChI is InChI=1S/C25H32F3N3O3/c1-16-17(2)22(34-13-12-33-4)9-8-21(16)18(3)31-11-5-6-20(31)15-30-24(32)19-7-10-23(29-14-19)25(26,27)28/h7-10,14,18,20H,5-6,11-13,15H2,1-4H3,(H,30,32). The van der Waals surface area contributed by atoms with Crippen LogP contribution in [0.4, 0.5) is 13.2 Å². The topological polar surface area (TPSA) is 63.7 Å². The second kappa shape index (κ2) is 11.2. The first-order chi connectivity index (χ1) is 16.1. The molecule has 34 heavy (non-hydrogen) atoms. The summed E-state index contributed by atoms with van der Waals surface area (Å²) in [4.78, 5) is 18.2. The molecule has 0 spiro atoms. The Bertz CT molecular complexity index is 980. The van der Waals surface area contributed by atoms with E-state index in [9.17, 15) is 18.0 Å². The summed E-state index contributed by atoms with van der Waals surface area (Å²) in [7, 11) is 1.64. The number of hydrogen-bond acceptors (Lipinski definition) is 5. The minimum absolute atomic E-state index is 0.112. The summed E-state index contributed by atoms with van der Waals surface area (Å²) >= 11 is 0. The first-order valence-corrected chi connectivity index (χ1v) is 11.4. The number of amides is 1. The zero-order valence-electron chi connectivity index (χ0n) is 20.0. The minimum atomic E-state index is -4.53. The van der Waals surface area contributed by atoms with Crippen molar-refractivity contribution in [1.29, 1.82) is 0 Å². The number of rotatable bonds is 9. The van der Waals surface area contributed by atoms with Crippen molar-refractivity contribution in [3.8, 4) is 5.75 Å². The van der Waals surface area contributed by atoms with Gasteiger partial charge in [0.05, 0.1) is 12.2 Å². The minimum Gasteiger partial charge on any atom is -0.491 e. The molecule has 9 heteroatoms. The van der Waals surface area contributed by atoms with Crippen molar-refractivity contribution in [1.82, 2.24) is 15.2 Å². The summed E-state index contributed by atoms with van der Waals surface area (Å²) < 4.78 is 49.0. The number of ether oxygens (including phenoxy) is 2. The second-order valence-electron chi connectivity index (χ2n) is 8.59. The Morgan fingerprint density at radius 2 is 1.97 bits per heavy atom. The zero-order chi connectivity index (χ0) is 24.9. The van der Waals surface area contributed by atoms with Crippen LogP contribution >= 0.6 is 0 Å². The van der Waals surface area contributed by atoms with Gasteiger partial charge in [-0.05, 0) is 75.0 Å². The number of hydrogen-bond donors (Lipinski definition) is 1. The molecule has 2 unspecified atom stereocenters. The van der Waals surface area contributed by atoms with Crippen molar-refractivity contribution in [2.24, 2.45) is 0 Å². The molecule has 1 aliphatic rings. The summed E-state index contributed by atoms with van der Waals surface area (Å²) in [5.41, 5.74) is 2.58. The van der Waals surface area contributed by atoms with Crippen molar-refractivity contribution < 1.29 is 27.4 Å². The normalized spacial score (nSPS) is 17.6. The van der Waals surface area contributed by atoms with Crippen LogP contribution in [0.3, 0.4) is 0 Å². The van der Waals surface area contributed by atoms with Gasteiger partial charge in [0.25, 0.3) is 5.91 Å². The maximum Gasteiger partial charge on any atom is 0.433 e. The van der Waals surface area contributed by atoms with Crippen molar-refractivity contribution >= 4 is 5.91 Å². The fourth-order valence-corrected chi connectivity index (χ4v) is 4.43. The van der Waals surface area contributed by atoms with Crippen LogP contribution in [0.2, 0.25) is 0 Å². The van der Waals surface area contributed by atoms with Crippen LogP contribution in [0.1, 0.15) is 58.5 Å². The van der Waals surface area contributed by atoms with Crippen LogP contribution in [0.15, 0.2) is 30.5 Å². The van der Waals surface area contributed by atoms with Gasteiger partial charge in [-0.1, -0.05) is 6.07 Å². The third-order valence-corrected chi connectivity index (χ3v) is 6.51. The molecule has 1 amide bonds. The first-order valence-electron chi connectivity index (χ1n) is 11.4. The highest BCUT2D eigenvalue weighted by Crippen LogP contribution is 2.34. The Labute approximate surface area is 198 Å². The first kappa shape index (κ1) is 26.0. The van der Waals surface area contributed by atoms with E-state index in [1.807, 2.05) is 13.0 Å². The third kappa shape index (κ3) is 6.07. The molecule has 2 heterocycles. The number of benzene rings is 1. The van der Waals surface area contributed by atoms with E-state index < -0.39 is 17.8 Å². The van der Waals surface area contributed by atoms with Crippen molar-refractivity contribution in [3.05, 3.63) is 58.4 Å². The van der Waals surface area contributed by atoms with Crippen molar-refractivity contribution in [2.75, 3.05) is 33.4 Å². The largest absolute Gasteiger partial charge is 0.491 e. The number of nitrogens with zero attached hydrogens (tertiary/aromatic N) is 2. The van der Waals surface area contributed by atoms with Gasteiger partial charge in [0, 0.05) is 31.9 Å². The second-order valence-corrected chi connectivity index (χ2v) is 8.59. The molecule has 3 rings (SSSR count). The lowest BCUT2D eigenvalue weighted by molar-refractivity contribution is -0.141. The fraction of sp³-hybridized carbons (Fsp3) is 0.520. The molecule has 2 aromatic rings. The SMILES string of the molecule is COCCOc1ccc(C(C)N2CCCC2CNC(=O)c2ccc(C(F)(F)F)nc2)c(C)c1C. The number of aromatic nitrogens is 1. The summed E-state index contributed by atoms with van der Waals surface area (Å²) in [5.74, 6) is 0.422. The molecular formula is C25H32F3N3O3. The molecule has 1 N–H and O–H groups in total. The molecule has 1 saturated heterocycles. The number of likely N-dealkylation sites (tertiary alicyclic amines) is 1. The molecule has 0 bridgehead atoms. The lowest BCUT2D eigenvalue weighted by Gasteiger charge is -2.32. The number of pyridine rings is 1. The van der Waals surface area contributed by atoms with Gasteiger partial charge in [0.1, 0.15) is 18.1 Å².